The highest BCUT2D eigenvalue weighted by atomic mass is 32.2. The number of thioether (sulfide) groups is 1. The molecular formula is C33H27N3O6S2. The maximum atomic E-state index is 13.6. The van der Waals surface area contributed by atoms with Crippen molar-refractivity contribution in [2.75, 3.05) is 26.2 Å². The van der Waals surface area contributed by atoms with Gasteiger partial charge in [0.25, 0.3) is 5.78 Å². The van der Waals surface area contributed by atoms with Gasteiger partial charge in [-0.05, 0) is 52.2 Å². The number of hydrogen-bond donors (Lipinski definition) is 1. The molecule has 1 amide bonds. The molecule has 1 aliphatic rings. The molecule has 1 fully saturated rings. The molecular weight excluding hydrogens is 599 g/mol. The standard InChI is InChI=1S/C33H27N3O6S2/c1-40-23-14-11-20(12-15-23)28-27(29(37)21-13-16-25(41-2)26(17-21)42-3)30(38)31(39)36(28)32-34-35-33(44-32)43-18-22-9-6-8-19-7-4-5-10-24(19)22/h4-17,28,37H,18H2,1-3H3. The number of benzene rings is 4. The summed E-state index contributed by atoms with van der Waals surface area (Å²) in [7, 11) is 4.53. The second-order valence-corrected chi connectivity index (χ2v) is 12.0. The van der Waals surface area contributed by atoms with Gasteiger partial charge in [-0.25, -0.2) is 0 Å². The van der Waals surface area contributed by atoms with Crippen molar-refractivity contribution in [2.45, 2.75) is 16.1 Å². The largest absolute Gasteiger partial charge is 0.507 e. The zero-order valence-corrected chi connectivity index (χ0v) is 25.6. The normalized spacial score (nSPS) is 16.0. The van der Waals surface area contributed by atoms with E-state index in [4.69, 9.17) is 14.2 Å². The molecule has 6 rings (SSSR count). The van der Waals surface area contributed by atoms with E-state index in [-0.39, 0.29) is 16.5 Å². The van der Waals surface area contributed by atoms with Crippen molar-refractivity contribution < 1.29 is 28.9 Å². The second kappa shape index (κ2) is 12.4. The zero-order chi connectivity index (χ0) is 30.8. The van der Waals surface area contributed by atoms with E-state index in [1.807, 2.05) is 18.2 Å². The molecule has 1 unspecified atom stereocenters. The Labute approximate surface area is 261 Å². The summed E-state index contributed by atoms with van der Waals surface area (Å²) in [6.45, 7) is 0. The molecule has 0 bridgehead atoms. The Kier molecular flexibility index (Phi) is 8.23. The predicted molar refractivity (Wildman–Crippen MR) is 171 cm³/mol. The molecule has 5 aromatic rings. The molecule has 1 atom stereocenters. The number of ketones is 1. The number of ether oxygens (including phenoxy) is 3. The van der Waals surface area contributed by atoms with Gasteiger partial charge in [0, 0.05) is 11.3 Å². The highest BCUT2D eigenvalue weighted by Gasteiger charge is 2.48. The topological polar surface area (TPSA) is 111 Å². The van der Waals surface area contributed by atoms with Crippen molar-refractivity contribution in [2.24, 2.45) is 0 Å². The molecule has 9 nitrogen and oxygen atoms in total. The molecule has 0 radical (unpaired) electrons. The minimum atomic E-state index is -0.960. The number of nitrogens with zero attached hydrogens (tertiary/aromatic N) is 3. The van der Waals surface area contributed by atoms with Crippen molar-refractivity contribution in [1.82, 2.24) is 10.2 Å². The van der Waals surface area contributed by atoms with E-state index >= 15 is 0 Å². The van der Waals surface area contributed by atoms with E-state index in [0.717, 1.165) is 16.3 Å². The summed E-state index contributed by atoms with van der Waals surface area (Å²) in [5, 5.41) is 22.7. The Morgan fingerprint density at radius 1 is 0.886 bits per heavy atom. The summed E-state index contributed by atoms with van der Waals surface area (Å²) in [6.07, 6.45) is 0. The zero-order valence-electron chi connectivity index (χ0n) is 24.0. The van der Waals surface area contributed by atoms with Gasteiger partial charge in [0.15, 0.2) is 15.8 Å². The number of amides is 1. The first-order valence-electron chi connectivity index (χ1n) is 13.5. The number of carbonyl (C=O) groups excluding carboxylic acids is 2. The number of aromatic nitrogens is 2. The number of Topliss-reactive ketones (excluding diaryl/α,β-unsaturated/α-hetero) is 1. The van der Waals surface area contributed by atoms with Gasteiger partial charge in [-0.2, -0.15) is 0 Å². The number of fused-ring (bicyclic) bond motifs is 1. The lowest BCUT2D eigenvalue weighted by atomic mass is 9.95. The third kappa shape index (κ3) is 5.36. The van der Waals surface area contributed by atoms with Crippen LogP contribution in [0.15, 0.2) is 94.8 Å². The lowest BCUT2D eigenvalue weighted by Crippen LogP contribution is -2.29. The van der Waals surface area contributed by atoms with Crippen LogP contribution in [0.5, 0.6) is 17.2 Å². The molecule has 2 heterocycles. The molecule has 0 spiro atoms. The summed E-state index contributed by atoms with van der Waals surface area (Å²) in [5.41, 5.74) is 1.96. The number of anilines is 1. The predicted octanol–water partition coefficient (Wildman–Crippen LogP) is 6.64. The summed E-state index contributed by atoms with van der Waals surface area (Å²) < 4.78 is 16.7. The fourth-order valence-electron chi connectivity index (χ4n) is 5.19. The van der Waals surface area contributed by atoms with E-state index in [2.05, 4.69) is 34.5 Å². The third-order valence-corrected chi connectivity index (χ3v) is 9.47. The molecule has 0 saturated carbocycles. The number of carbonyl (C=O) groups is 2. The van der Waals surface area contributed by atoms with Crippen LogP contribution in [-0.4, -0.2) is 48.3 Å². The molecule has 222 valence electrons. The van der Waals surface area contributed by atoms with E-state index in [9.17, 15) is 14.7 Å². The van der Waals surface area contributed by atoms with Crippen LogP contribution in [-0.2, 0) is 15.3 Å². The van der Waals surface area contributed by atoms with Crippen LogP contribution in [0.2, 0.25) is 0 Å². The van der Waals surface area contributed by atoms with Crippen molar-refractivity contribution in [1.29, 1.82) is 0 Å². The molecule has 1 N–H and O–H groups in total. The van der Waals surface area contributed by atoms with Crippen molar-refractivity contribution in [3.05, 3.63) is 107 Å². The first-order chi connectivity index (χ1) is 21.4. The van der Waals surface area contributed by atoms with Crippen LogP contribution in [0.4, 0.5) is 5.13 Å². The van der Waals surface area contributed by atoms with Crippen LogP contribution in [0.3, 0.4) is 0 Å². The highest BCUT2D eigenvalue weighted by molar-refractivity contribution is 8.00. The number of aliphatic hydroxyl groups is 1. The lowest BCUT2D eigenvalue weighted by molar-refractivity contribution is -0.132. The van der Waals surface area contributed by atoms with Crippen molar-refractivity contribution in [3.8, 4) is 17.2 Å². The Morgan fingerprint density at radius 3 is 2.39 bits per heavy atom. The number of rotatable bonds is 9. The van der Waals surface area contributed by atoms with Crippen LogP contribution < -0.4 is 19.1 Å². The minimum absolute atomic E-state index is 0.0763. The Morgan fingerprint density at radius 2 is 1.64 bits per heavy atom. The van der Waals surface area contributed by atoms with Crippen molar-refractivity contribution >= 4 is 56.5 Å². The van der Waals surface area contributed by atoms with Gasteiger partial charge in [0.2, 0.25) is 5.13 Å². The molecule has 1 aliphatic heterocycles. The van der Waals surface area contributed by atoms with Gasteiger partial charge >= 0.3 is 5.91 Å². The van der Waals surface area contributed by atoms with E-state index < -0.39 is 17.7 Å². The number of hydrogen-bond acceptors (Lipinski definition) is 10. The molecule has 11 heteroatoms. The Hall–Kier alpha value is -4.87. The van der Waals surface area contributed by atoms with E-state index in [0.29, 0.717) is 38.5 Å². The maximum Gasteiger partial charge on any atom is 0.301 e. The fourth-order valence-corrected chi connectivity index (χ4v) is 7.06. The molecule has 1 saturated heterocycles. The van der Waals surface area contributed by atoms with Crippen LogP contribution in [0.25, 0.3) is 16.5 Å². The molecule has 44 heavy (non-hydrogen) atoms. The van der Waals surface area contributed by atoms with E-state index in [1.165, 1.54) is 42.2 Å². The summed E-state index contributed by atoms with van der Waals surface area (Å²) >= 11 is 2.72. The number of methoxy groups -OCH3 is 3. The van der Waals surface area contributed by atoms with Crippen LogP contribution >= 0.6 is 23.1 Å². The van der Waals surface area contributed by atoms with Crippen LogP contribution in [0.1, 0.15) is 22.7 Å². The Bertz CT molecular complexity index is 1900. The first-order valence-corrected chi connectivity index (χ1v) is 15.3. The van der Waals surface area contributed by atoms with E-state index in [1.54, 1.807) is 49.6 Å². The summed E-state index contributed by atoms with van der Waals surface area (Å²) in [5.74, 6) is 0.0854. The van der Waals surface area contributed by atoms with Crippen molar-refractivity contribution in [3.63, 3.8) is 0 Å². The number of aliphatic hydroxyl groups excluding tert-OH is 1. The average Bonchev–Trinajstić information content (AvgIpc) is 3.64. The van der Waals surface area contributed by atoms with Gasteiger partial charge < -0.3 is 19.3 Å². The first kappa shape index (κ1) is 29.2. The lowest BCUT2D eigenvalue weighted by Gasteiger charge is -2.22. The SMILES string of the molecule is COc1ccc(C2C(=C(O)c3ccc(OC)c(OC)c3)C(=O)C(=O)N2c2nnc(SCc3cccc4ccccc34)s2)cc1. The van der Waals surface area contributed by atoms with Crippen LogP contribution in [0, 0.1) is 0 Å². The third-order valence-electron chi connectivity index (χ3n) is 7.37. The summed E-state index contributed by atoms with van der Waals surface area (Å²) in [6, 6.07) is 25.1. The fraction of sp³-hybridized carbons (Fsp3) is 0.152. The minimum Gasteiger partial charge on any atom is -0.507 e. The summed E-state index contributed by atoms with van der Waals surface area (Å²) in [4.78, 5) is 28.5. The average molecular weight is 626 g/mol. The molecule has 0 aliphatic carbocycles. The molecule has 4 aromatic carbocycles. The monoisotopic (exact) mass is 625 g/mol. The van der Waals surface area contributed by atoms with Gasteiger partial charge in [-0.15, -0.1) is 10.2 Å². The quantitative estimate of drug-likeness (QED) is 0.0634. The van der Waals surface area contributed by atoms with Gasteiger partial charge in [-0.1, -0.05) is 77.7 Å². The smallest absolute Gasteiger partial charge is 0.301 e. The maximum absolute atomic E-state index is 13.6. The molecule has 1 aromatic heterocycles. The second-order valence-electron chi connectivity index (χ2n) is 9.79. The van der Waals surface area contributed by atoms with Gasteiger partial charge in [0.1, 0.15) is 11.5 Å². The van der Waals surface area contributed by atoms with Gasteiger partial charge in [-0.3, -0.25) is 14.5 Å². The van der Waals surface area contributed by atoms with Gasteiger partial charge in [0.05, 0.1) is 32.9 Å². The highest BCUT2D eigenvalue weighted by Crippen LogP contribution is 2.45. The Balaban J connectivity index is 1.38.